The number of aromatic hydroxyl groups is 1. The van der Waals surface area contributed by atoms with Crippen LogP contribution >= 0.6 is 0 Å². The molecule has 1 rings (SSSR count). The SMILES string of the molecule is CCOC(=O)c1cc(O)c(OC)cc1N.[W]. The molecule has 0 aliphatic rings. The number of phenolic OH excluding ortho intramolecular Hbond substituents is 1. The number of carbonyl (C=O) groups excluding carboxylic acids is 1. The number of hydrogen-bond donors (Lipinski definition) is 2. The van der Waals surface area contributed by atoms with Crippen molar-refractivity contribution in [2.45, 2.75) is 6.92 Å². The fourth-order valence-corrected chi connectivity index (χ4v) is 1.13. The molecule has 0 saturated heterocycles. The molecule has 0 bridgehead atoms. The normalized spacial score (nSPS) is 9.12. The van der Waals surface area contributed by atoms with Crippen LogP contribution in [0.25, 0.3) is 0 Å². The van der Waals surface area contributed by atoms with Gasteiger partial charge in [0, 0.05) is 33.2 Å². The first-order valence-corrected chi connectivity index (χ1v) is 4.43. The Morgan fingerprint density at radius 3 is 2.62 bits per heavy atom. The van der Waals surface area contributed by atoms with Gasteiger partial charge in [-0.2, -0.15) is 0 Å². The number of phenols is 1. The molecule has 16 heavy (non-hydrogen) atoms. The van der Waals surface area contributed by atoms with E-state index >= 15 is 0 Å². The zero-order valence-electron chi connectivity index (χ0n) is 9.02. The van der Waals surface area contributed by atoms with Crippen LogP contribution in [0, 0.1) is 0 Å². The molecule has 0 radical (unpaired) electrons. The summed E-state index contributed by atoms with van der Waals surface area (Å²) in [5.74, 6) is -0.483. The molecule has 1 aromatic carbocycles. The topological polar surface area (TPSA) is 81.8 Å². The Morgan fingerprint density at radius 1 is 1.50 bits per heavy atom. The van der Waals surface area contributed by atoms with Gasteiger partial charge in [0.15, 0.2) is 11.5 Å². The second-order valence-corrected chi connectivity index (χ2v) is 2.83. The first-order chi connectivity index (χ1) is 7.10. The molecule has 1 aromatic rings. The maximum absolute atomic E-state index is 11.4. The molecule has 0 aliphatic carbocycles. The van der Waals surface area contributed by atoms with Gasteiger partial charge in [-0.05, 0) is 6.92 Å². The second kappa shape index (κ2) is 6.38. The van der Waals surface area contributed by atoms with Gasteiger partial charge in [-0.1, -0.05) is 0 Å². The van der Waals surface area contributed by atoms with E-state index in [1.54, 1.807) is 6.92 Å². The largest absolute Gasteiger partial charge is 0.504 e. The van der Waals surface area contributed by atoms with Gasteiger partial charge in [-0.15, -0.1) is 0 Å². The second-order valence-electron chi connectivity index (χ2n) is 2.83. The van der Waals surface area contributed by atoms with Gasteiger partial charge < -0.3 is 20.3 Å². The third-order valence-electron chi connectivity index (χ3n) is 1.85. The van der Waals surface area contributed by atoms with Gasteiger partial charge in [-0.25, -0.2) is 4.79 Å². The minimum atomic E-state index is -0.562. The molecular formula is C10H13NO4W. The molecule has 0 heterocycles. The summed E-state index contributed by atoms with van der Waals surface area (Å²) in [6.07, 6.45) is 0. The van der Waals surface area contributed by atoms with Crippen LogP contribution in [-0.4, -0.2) is 24.8 Å². The first kappa shape index (κ1) is 14.8. The number of ether oxygens (including phenoxy) is 2. The van der Waals surface area contributed by atoms with Crippen LogP contribution in [0.1, 0.15) is 17.3 Å². The molecule has 0 fully saturated rings. The van der Waals surface area contributed by atoms with Gasteiger partial charge in [-0.3, -0.25) is 0 Å². The van der Waals surface area contributed by atoms with Crippen LogP contribution in [0.4, 0.5) is 5.69 Å². The minimum Gasteiger partial charge on any atom is -0.504 e. The summed E-state index contributed by atoms with van der Waals surface area (Å²) in [5.41, 5.74) is 5.95. The quantitative estimate of drug-likeness (QED) is 0.456. The number of anilines is 1. The van der Waals surface area contributed by atoms with Crippen LogP contribution in [0.5, 0.6) is 11.5 Å². The Hall–Kier alpha value is -1.22. The van der Waals surface area contributed by atoms with Crippen LogP contribution < -0.4 is 10.5 Å². The van der Waals surface area contributed by atoms with Crippen molar-refractivity contribution in [1.29, 1.82) is 0 Å². The van der Waals surface area contributed by atoms with Crippen molar-refractivity contribution in [2.24, 2.45) is 0 Å². The third-order valence-corrected chi connectivity index (χ3v) is 1.85. The number of hydrogen-bond acceptors (Lipinski definition) is 5. The maximum Gasteiger partial charge on any atom is 0.340 e. The van der Waals surface area contributed by atoms with Crippen molar-refractivity contribution in [3.63, 3.8) is 0 Å². The summed E-state index contributed by atoms with van der Waals surface area (Å²) in [7, 11) is 1.40. The molecule has 0 unspecified atom stereocenters. The number of rotatable bonds is 3. The smallest absolute Gasteiger partial charge is 0.340 e. The van der Waals surface area contributed by atoms with E-state index in [1.165, 1.54) is 19.2 Å². The zero-order valence-corrected chi connectivity index (χ0v) is 12.0. The van der Waals surface area contributed by atoms with E-state index < -0.39 is 5.97 Å². The molecule has 5 nitrogen and oxygen atoms in total. The Bertz CT molecular complexity index is 381. The van der Waals surface area contributed by atoms with E-state index in [0.29, 0.717) is 0 Å². The average Bonchev–Trinajstić information content (AvgIpc) is 2.21. The van der Waals surface area contributed by atoms with Gasteiger partial charge >= 0.3 is 5.97 Å². The number of nitrogens with two attached hydrogens (primary N) is 1. The Kier molecular flexibility index (Phi) is 5.89. The Labute approximate surface area is 108 Å². The molecule has 6 heteroatoms. The van der Waals surface area contributed by atoms with Crippen LogP contribution in [0.2, 0.25) is 0 Å². The summed E-state index contributed by atoms with van der Waals surface area (Å²) in [6, 6.07) is 2.60. The van der Waals surface area contributed by atoms with Crippen molar-refractivity contribution in [3.8, 4) is 11.5 Å². The molecular weight excluding hydrogens is 382 g/mol. The van der Waals surface area contributed by atoms with E-state index in [9.17, 15) is 9.90 Å². The molecule has 0 amide bonds. The zero-order chi connectivity index (χ0) is 11.4. The van der Waals surface area contributed by atoms with E-state index in [-0.39, 0.29) is 50.4 Å². The van der Waals surface area contributed by atoms with Gasteiger partial charge in [0.1, 0.15) is 0 Å². The molecule has 0 atom stereocenters. The number of methoxy groups -OCH3 is 1. The van der Waals surface area contributed by atoms with E-state index in [4.69, 9.17) is 15.2 Å². The summed E-state index contributed by atoms with van der Waals surface area (Å²) in [6.45, 7) is 1.95. The van der Waals surface area contributed by atoms with Crippen molar-refractivity contribution in [2.75, 3.05) is 19.5 Å². The first-order valence-electron chi connectivity index (χ1n) is 4.43. The summed E-state index contributed by atoms with van der Waals surface area (Å²) in [4.78, 5) is 11.4. The van der Waals surface area contributed by atoms with Gasteiger partial charge in [0.2, 0.25) is 0 Å². The summed E-state index contributed by atoms with van der Waals surface area (Å²) < 4.78 is 9.60. The van der Waals surface area contributed by atoms with Crippen LogP contribution in [-0.2, 0) is 25.8 Å². The van der Waals surface area contributed by atoms with Crippen molar-refractivity contribution >= 4 is 11.7 Å². The van der Waals surface area contributed by atoms with E-state index in [0.717, 1.165) is 0 Å². The predicted molar refractivity (Wildman–Crippen MR) is 55.0 cm³/mol. The monoisotopic (exact) mass is 395 g/mol. The maximum atomic E-state index is 11.4. The van der Waals surface area contributed by atoms with Gasteiger partial charge in [0.25, 0.3) is 0 Å². The van der Waals surface area contributed by atoms with Crippen LogP contribution in [0.3, 0.4) is 0 Å². The number of carbonyl (C=O) groups is 1. The van der Waals surface area contributed by atoms with Crippen molar-refractivity contribution in [3.05, 3.63) is 17.7 Å². The van der Waals surface area contributed by atoms with E-state index in [2.05, 4.69) is 0 Å². The molecule has 3 N–H and O–H groups in total. The predicted octanol–water partition coefficient (Wildman–Crippen LogP) is 1.16. The molecule has 0 aromatic heterocycles. The molecule has 0 aliphatic heterocycles. The standard InChI is InChI=1S/C10H13NO4.W/c1-3-15-10(13)6-4-8(12)9(14-2)5-7(6)11;/h4-5,12H,3,11H2,1-2H3;. The number of nitrogen functional groups attached to an aromatic ring is 1. The summed E-state index contributed by atoms with van der Waals surface area (Å²) >= 11 is 0. The molecule has 0 spiro atoms. The van der Waals surface area contributed by atoms with Crippen LogP contribution in [0.15, 0.2) is 12.1 Å². The Balaban J connectivity index is 0.00000225. The van der Waals surface area contributed by atoms with Gasteiger partial charge in [0.05, 0.1) is 25.0 Å². The Morgan fingerprint density at radius 2 is 2.12 bits per heavy atom. The van der Waals surface area contributed by atoms with Crippen molar-refractivity contribution < 1.29 is 40.4 Å². The molecule has 88 valence electrons. The molecule has 0 saturated carbocycles. The van der Waals surface area contributed by atoms with Crippen molar-refractivity contribution in [1.82, 2.24) is 0 Å². The van der Waals surface area contributed by atoms with E-state index in [1.807, 2.05) is 0 Å². The fourth-order valence-electron chi connectivity index (χ4n) is 1.13. The summed E-state index contributed by atoms with van der Waals surface area (Å²) in [5, 5.41) is 9.44. The number of benzene rings is 1. The average molecular weight is 395 g/mol. The third kappa shape index (κ3) is 3.14. The number of esters is 1. The fraction of sp³-hybridized carbons (Fsp3) is 0.300. The minimum absolute atomic E-state index is 0.